The van der Waals surface area contributed by atoms with E-state index in [1.807, 2.05) is 25.1 Å². The van der Waals surface area contributed by atoms with E-state index in [0.717, 1.165) is 25.1 Å². The average molecular weight is 278 g/mol. The van der Waals surface area contributed by atoms with Crippen LogP contribution in [0.2, 0.25) is 0 Å². The molecule has 4 nitrogen and oxygen atoms in total. The zero-order valence-corrected chi connectivity index (χ0v) is 12.7. The van der Waals surface area contributed by atoms with E-state index >= 15 is 0 Å². The molecule has 0 aliphatic heterocycles. The number of ether oxygens (including phenoxy) is 1. The minimum absolute atomic E-state index is 0.119. The topological polar surface area (TPSA) is 50.4 Å². The molecule has 4 heteroatoms. The summed E-state index contributed by atoms with van der Waals surface area (Å²) < 4.78 is 5.19. The second-order valence-electron chi connectivity index (χ2n) is 4.98. The first-order chi connectivity index (χ1) is 9.65. The summed E-state index contributed by atoms with van der Waals surface area (Å²) in [5.41, 5.74) is 1.24. The van der Waals surface area contributed by atoms with Gasteiger partial charge in [-0.05, 0) is 44.0 Å². The van der Waals surface area contributed by atoms with E-state index in [-0.39, 0.29) is 11.9 Å². The number of nitrogens with one attached hydrogen (secondary N) is 2. The van der Waals surface area contributed by atoms with Crippen LogP contribution in [0.1, 0.15) is 32.3 Å². The molecule has 0 aliphatic rings. The molecule has 0 saturated carbocycles. The second-order valence-corrected chi connectivity index (χ2v) is 4.98. The molecule has 0 radical (unpaired) electrons. The summed E-state index contributed by atoms with van der Waals surface area (Å²) in [5.74, 6) is 1.00. The number of carbonyl (C=O) groups excluding carboxylic acids is 1. The smallest absolute Gasteiger partial charge is 0.221 e. The van der Waals surface area contributed by atoms with Gasteiger partial charge in [-0.3, -0.25) is 4.79 Å². The number of hydrogen-bond acceptors (Lipinski definition) is 3. The molecule has 0 saturated heterocycles. The number of carbonyl (C=O) groups is 1. The molecule has 0 spiro atoms. The highest BCUT2D eigenvalue weighted by molar-refractivity contribution is 5.76. The van der Waals surface area contributed by atoms with Gasteiger partial charge >= 0.3 is 0 Å². The lowest BCUT2D eigenvalue weighted by Gasteiger charge is -2.11. The van der Waals surface area contributed by atoms with Crippen LogP contribution >= 0.6 is 0 Å². The monoisotopic (exact) mass is 278 g/mol. The van der Waals surface area contributed by atoms with E-state index in [2.05, 4.69) is 23.6 Å². The minimum Gasteiger partial charge on any atom is -0.497 e. The van der Waals surface area contributed by atoms with Crippen molar-refractivity contribution in [2.24, 2.45) is 0 Å². The summed E-state index contributed by atoms with van der Waals surface area (Å²) in [4.78, 5) is 11.6. The normalized spacial score (nSPS) is 11.9. The minimum atomic E-state index is 0.119. The molecule has 1 aromatic rings. The maximum Gasteiger partial charge on any atom is 0.221 e. The first kappa shape index (κ1) is 16.5. The van der Waals surface area contributed by atoms with Crippen molar-refractivity contribution in [3.63, 3.8) is 0 Å². The number of amides is 1. The van der Waals surface area contributed by atoms with Gasteiger partial charge < -0.3 is 15.4 Å². The molecule has 0 fully saturated rings. The molecule has 2 N–H and O–H groups in total. The lowest BCUT2D eigenvalue weighted by atomic mass is 10.1. The number of hydrogen-bond donors (Lipinski definition) is 2. The predicted molar refractivity (Wildman–Crippen MR) is 82.1 cm³/mol. The SMILES string of the molecule is CCC(C)NC(=O)CCNCCc1cccc(OC)c1. The summed E-state index contributed by atoms with van der Waals surface area (Å²) in [7, 11) is 1.67. The average Bonchev–Trinajstić information content (AvgIpc) is 2.47. The van der Waals surface area contributed by atoms with Crippen molar-refractivity contribution in [2.75, 3.05) is 20.2 Å². The number of rotatable bonds is 9. The first-order valence-corrected chi connectivity index (χ1v) is 7.28. The molecule has 0 bridgehead atoms. The summed E-state index contributed by atoms with van der Waals surface area (Å²) in [6.07, 6.45) is 2.43. The Bertz CT molecular complexity index is 407. The Labute approximate surface area is 121 Å². The van der Waals surface area contributed by atoms with Crippen molar-refractivity contribution < 1.29 is 9.53 Å². The van der Waals surface area contributed by atoms with E-state index in [4.69, 9.17) is 4.74 Å². The van der Waals surface area contributed by atoms with Crippen LogP contribution in [0.4, 0.5) is 0 Å². The Morgan fingerprint density at radius 2 is 2.15 bits per heavy atom. The Kier molecular flexibility index (Phi) is 7.73. The fourth-order valence-electron chi connectivity index (χ4n) is 1.84. The van der Waals surface area contributed by atoms with Gasteiger partial charge in [-0.15, -0.1) is 0 Å². The maximum atomic E-state index is 11.6. The third kappa shape index (κ3) is 6.57. The van der Waals surface area contributed by atoms with Crippen molar-refractivity contribution in [3.8, 4) is 5.75 Å². The molecule has 1 atom stereocenters. The lowest BCUT2D eigenvalue weighted by Crippen LogP contribution is -2.34. The molecule has 1 aromatic carbocycles. The lowest BCUT2D eigenvalue weighted by molar-refractivity contribution is -0.121. The van der Waals surface area contributed by atoms with E-state index in [9.17, 15) is 4.79 Å². The van der Waals surface area contributed by atoms with Crippen LogP contribution in [0.15, 0.2) is 24.3 Å². The largest absolute Gasteiger partial charge is 0.497 e. The standard InChI is InChI=1S/C16H26N2O2/c1-4-13(2)18-16(19)9-11-17-10-8-14-6-5-7-15(12-14)20-3/h5-7,12-13,17H,4,8-11H2,1-3H3,(H,18,19). The van der Waals surface area contributed by atoms with Gasteiger partial charge in [-0.1, -0.05) is 19.1 Å². The van der Waals surface area contributed by atoms with Crippen LogP contribution in [0.5, 0.6) is 5.75 Å². The van der Waals surface area contributed by atoms with Gasteiger partial charge in [0.15, 0.2) is 0 Å². The Balaban J connectivity index is 2.14. The van der Waals surface area contributed by atoms with Crippen molar-refractivity contribution in [1.29, 1.82) is 0 Å². The molecular weight excluding hydrogens is 252 g/mol. The van der Waals surface area contributed by atoms with Crippen molar-refractivity contribution >= 4 is 5.91 Å². The van der Waals surface area contributed by atoms with Crippen molar-refractivity contribution in [2.45, 2.75) is 39.2 Å². The summed E-state index contributed by atoms with van der Waals surface area (Å²) in [5, 5.41) is 6.25. The highest BCUT2D eigenvalue weighted by atomic mass is 16.5. The fourth-order valence-corrected chi connectivity index (χ4v) is 1.84. The van der Waals surface area contributed by atoms with E-state index in [1.165, 1.54) is 5.56 Å². The molecule has 1 rings (SSSR count). The maximum absolute atomic E-state index is 11.6. The van der Waals surface area contributed by atoms with Gasteiger partial charge in [0.2, 0.25) is 5.91 Å². The summed E-state index contributed by atoms with van der Waals surface area (Å²) in [6, 6.07) is 8.32. The molecule has 0 aromatic heterocycles. The summed E-state index contributed by atoms with van der Waals surface area (Å²) in [6.45, 7) is 5.67. The quantitative estimate of drug-likeness (QED) is 0.680. The zero-order valence-electron chi connectivity index (χ0n) is 12.7. The highest BCUT2D eigenvalue weighted by Gasteiger charge is 2.04. The zero-order chi connectivity index (χ0) is 14.8. The van der Waals surface area contributed by atoms with Gasteiger partial charge in [0.05, 0.1) is 7.11 Å². The molecule has 1 unspecified atom stereocenters. The van der Waals surface area contributed by atoms with Crippen LogP contribution in [0.3, 0.4) is 0 Å². The van der Waals surface area contributed by atoms with Crippen LogP contribution in [-0.4, -0.2) is 32.1 Å². The molecule has 0 aliphatic carbocycles. The highest BCUT2D eigenvalue weighted by Crippen LogP contribution is 2.12. The van der Waals surface area contributed by atoms with Crippen LogP contribution in [0.25, 0.3) is 0 Å². The van der Waals surface area contributed by atoms with Gasteiger partial charge in [-0.25, -0.2) is 0 Å². The van der Waals surface area contributed by atoms with Gasteiger partial charge in [0.1, 0.15) is 5.75 Å². The predicted octanol–water partition coefficient (Wildman–Crippen LogP) is 2.13. The van der Waals surface area contributed by atoms with Crippen molar-refractivity contribution in [3.05, 3.63) is 29.8 Å². The Morgan fingerprint density at radius 1 is 1.35 bits per heavy atom. The van der Waals surface area contributed by atoms with Crippen LogP contribution in [-0.2, 0) is 11.2 Å². The molecule has 1 amide bonds. The van der Waals surface area contributed by atoms with E-state index in [1.54, 1.807) is 7.11 Å². The van der Waals surface area contributed by atoms with E-state index in [0.29, 0.717) is 13.0 Å². The van der Waals surface area contributed by atoms with Gasteiger partial charge in [0.25, 0.3) is 0 Å². The number of methoxy groups -OCH3 is 1. The van der Waals surface area contributed by atoms with Crippen LogP contribution in [0, 0.1) is 0 Å². The first-order valence-electron chi connectivity index (χ1n) is 7.28. The van der Waals surface area contributed by atoms with E-state index < -0.39 is 0 Å². The van der Waals surface area contributed by atoms with Crippen LogP contribution < -0.4 is 15.4 Å². The third-order valence-electron chi connectivity index (χ3n) is 3.27. The fraction of sp³-hybridized carbons (Fsp3) is 0.562. The molecule has 0 heterocycles. The molecular formula is C16H26N2O2. The second kappa shape index (κ2) is 9.37. The summed E-state index contributed by atoms with van der Waals surface area (Å²) >= 11 is 0. The Hall–Kier alpha value is -1.55. The number of benzene rings is 1. The molecule has 112 valence electrons. The molecule has 20 heavy (non-hydrogen) atoms. The van der Waals surface area contributed by atoms with Crippen molar-refractivity contribution in [1.82, 2.24) is 10.6 Å². The Morgan fingerprint density at radius 3 is 2.85 bits per heavy atom. The van der Waals surface area contributed by atoms with Gasteiger partial charge in [0, 0.05) is 19.0 Å². The third-order valence-corrected chi connectivity index (χ3v) is 3.27. The van der Waals surface area contributed by atoms with Gasteiger partial charge in [-0.2, -0.15) is 0 Å².